The summed E-state index contributed by atoms with van der Waals surface area (Å²) in [5, 5.41) is 3.03. The first-order valence-corrected chi connectivity index (χ1v) is 13.9. The minimum absolute atomic E-state index is 0.0179. The van der Waals surface area contributed by atoms with Crippen LogP contribution >= 0.6 is 11.8 Å². The zero-order valence-electron chi connectivity index (χ0n) is 19.0. The number of sulfonamides is 1. The molecule has 2 N–H and O–H groups in total. The lowest BCUT2D eigenvalue weighted by atomic mass is 10.0. The van der Waals surface area contributed by atoms with E-state index in [4.69, 9.17) is 0 Å². The van der Waals surface area contributed by atoms with Gasteiger partial charge in [0.25, 0.3) is 5.91 Å². The van der Waals surface area contributed by atoms with Crippen LogP contribution in [-0.2, 0) is 14.8 Å². The summed E-state index contributed by atoms with van der Waals surface area (Å²) in [4.78, 5) is 27.5. The molecule has 1 aliphatic rings. The number of nitrogens with one attached hydrogen (secondary N) is 2. The normalized spacial score (nSPS) is 15.8. The van der Waals surface area contributed by atoms with Crippen molar-refractivity contribution < 1.29 is 18.0 Å². The molecule has 1 saturated heterocycles. The molecule has 1 heterocycles. The van der Waals surface area contributed by atoms with E-state index in [0.29, 0.717) is 43.7 Å². The lowest BCUT2D eigenvalue weighted by Crippen LogP contribution is -2.53. The van der Waals surface area contributed by atoms with Crippen LogP contribution in [0.2, 0.25) is 0 Å². The zero-order valence-corrected chi connectivity index (χ0v) is 20.6. The first kappa shape index (κ1) is 25.3. The van der Waals surface area contributed by atoms with Gasteiger partial charge in [-0.3, -0.25) is 9.59 Å². The second-order valence-electron chi connectivity index (χ2n) is 8.21. The number of nitrogens with zero attached hydrogens (tertiary/aromatic N) is 1. The number of aryl methyl sites for hydroxylation is 1. The van der Waals surface area contributed by atoms with Crippen molar-refractivity contribution >= 4 is 33.6 Å². The number of piperidine rings is 1. The van der Waals surface area contributed by atoms with Gasteiger partial charge < -0.3 is 10.2 Å². The Morgan fingerprint density at radius 1 is 1.06 bits per heavy atom. The van der Waals surface area contributed by atoms with Gasteiger partial charge in [0.1, 0.15) is 6.04 Å². The Hall–Kier alpha value is -2.36. The first-order valence-electron chi connectivity index (χ1n) is 11.0. The topological polar surface area (TPSA) is 95.6 Å². The molecule has 0 spiro atoms. The average Bonchev–Trinajstić information content (AvgIpc) is 2.82. The fourth-order valence-electron chi connectivity index (χ4n) is 3.76. The van der Waals surface area contributed by atoms with Crippen LogP contribution in [0, 0.1) is 6.92 Å². The Kier molecular flexibility index (Phi) is 8.94. The van der Waals surface area contributed by atoms with Crippen LogP contribution in [0.1, 0.15) is 35.2 Å². The van der Waals surface area contributed by atoms with E-state index < -0.39 is 16.1 Å². The molecule has 0 bridgehead atoms. The maximum Gasteiger partial charge on any atom is 0.251 e. The van der Waals surface area contributed by atoms with E-state index in [1.807, 2.05) is 31.4 Å². The fraction of sp³-hybridized carbons (Fsp3) is 0.417. The molecule has 1 unspecified atom stereocenters. The van der Waals surface area contributed by atoms with Crippen molar-refractivity contribution in [2.45, 2.75) is 43.2 Å². The van der Waals surface area contributed by atoms with Gasteiger partial charge in [-0.05, 0) is 62.5 Å². The SMILES string of the molecule is CSCCC(NS(=O)(=O)c1ccc(C)cc1)C(=O)N1CCC(NC(=O)c2ccccc2)CC1. The van der Waals surface area contributed by atoms with E-state index in [1.54, 1.807) is 53.1 Å². The smallest absolute Gasteiger partial charge is 0.251 e. The Morgan fingerprint density at radius 2 is 1.70 bits per heavy atom. The van der Waals surface area contributed by atoms with Gasteiger partial charge in [-0.15, -0.1) is 0 Å². The Balaban J connectivity index is 1.60. The molecule has 2 aromatic rings. The molecular formula is C24H31N3O4S2. The number of hydrogen-bond acceptors (Lipinski definition) is 5. The van der Waals surface area contributed by atoms with Crippen LogP contribution in [0.5, 0.6) is 0 Å². The second-order valence-corrected chi connectivity index (χ2v) is 10.9. The van der Waals surface area contributed by atoms with Crippen LogP contribution in [0.4, 0.5) is 0 Å². The van der Waals surface area contributed by atoms with Crippen molar-refractivity contribution in [3.8, 4) is 0 Å². The maximum atomic E-state index is 13.2. The highest BCUT2D eigenvalue weighted by molar-refractivity contribution is 7.98. The number of hydrogen-bond donors (Lipinski definition) is 2. The summed E-state index contributed by atoms with van der Waals surface area (Å²) in [6.45, 7) is 2.84. The van der Waals surface area contributed by atoms with Gasteiger partial charge in [0.15, 0.2) is 0 Å². The highest BCUT2D eigenvalue weighted by Gasteiger charge is 2.31. The summed E-state index contributed by atoms with van der Waals surface area (Å²) < 4.78 is 28.4. The summed E-state index contributed by atoms with van der Waals surface area (Å²) >= 11 is 1.57. The summed E-state index contributed by atoms with van der Waals surface area (Å²) in [6.07, 6.45) is 3.60. The third kappa shape index (κ3) is 7.06. The largest absolute Gasteiger partial charge is 0.349 e. The lowest BCUT2D eigenvalue weighted by Gasteiger charge is -2.34. The van der Waals surface area contributed by atoms with E-state index in [2.05, 4.69) is 10.0 Å². The van der Waals surface area contributed by atoms with E-state index in [9.17, 15) is 18.0 Å². The summed E-state index contributed by atoms with van der Waals surface area (Å²) in [5.41, 5.74) is 1.57. The van der Waals surface area contributed by atoms with Crippen molar-refractivity contribution in [1.29, 1.82) is 0 Å². The third-order valence-corrected chi connectivity index (χ3v) is 7.85. The van der Waals surface area contributed by atoms with Gasteiger partial charge >= 0.3 is 0 Å². The van der Waals surface area contributed by atoms with E-state index in [-0.39, 0.29) is 22.8 Å². The van der Waals surface area contributed by atoms with Crippen LogP contribution in [0.25, 0.3) is 0 Å². The number of carbonyl (C=O) groups is 2. The third-order valence-electron chi connectivity index (χ3n) is 5.72. The minimum atomic E-state index is -3.81. The minimum Gasteiger partial charge on any atom is -0.349 e. The highest BCUT2D eigenvalue weighted by Crippen LogP contribution is 2.17. The van der Waals surface area contributed by atoms with Crippen LogP contribution < -0.4 is 10.0 Å². The van der Waals surface area contributed by atoms with Crippen LogP contribution in [0.15, 0.2) is 59.5 Å². The number of likely N-dealkylation sites (tertiary alicyclic amines) is 1. The van der Waals surface area contributed by atoms with Crippen molar-refractivity contribution in [2.75, 3.05) is 25.1 Å². The number of amides is 2. The van der Waals surface area contributed by atoms with Gasteiger partial charge in [-0.2, -0.15) is 16.5 Å². The molecule has 0 radical (unpaired) electrons. The molecule has 0 aromatic heterocycles. The predicted molar refractivity (Wildman–Crippen MR) is 132 cm³/mol. The monoisotopic (exact) mass is 489 g/mol. The van der Waals surface area contributed by atoms with E-state index >= 15 is 0 Å². The molecule has 2 aromatic carbocycles. The van der Waals surface area contributed by atoms with Crippen molar-refractivity contribution in [2.24, 2.45) is 0 Å². The number of carbonyl (C=O) groups excluding carboxylic acids is 2. The second kappa shape index (κ2) is 11.7. The van der Waals surface area contributed by atoms with E-state index in [0.717, 1.165) is 5.56 Å². The summed E-state index contributed by atoms with van der Waals surface area (Å²) in [6, 6.07) is 14.8. The molecule has 7 nitrogen and oxygen atoms in total. The molecular weight excluding hydrogens is 458 g/mol. The van der Waals surface area contributed by atoms with Crippen LogP contribution in [-0.4, -0.2) is 62.3 Å². The summed E-state index contributed by atoms with van der Waals surface area (Å²) in [5.74, 6) is 0.327. The van der Waals surface area contributed by atoms with Crippen molar-refractivity contribution in [3.63, 3.8) is 0 Å². The van der Waals surface area contributed by atoms with Gasteiger partial charge in [0, 0.05) is 24.7 Å². The summed E-state index contributed by atoms with van der Waals surface area (Å²) in [7, 11) is -3.81. The molecule has 1 atom stereocenters. The molecule has 0 saturated carbocycles. The maximum absolute atomic E-state index is 13.2. The van der Waals surface area contributed by atoms with Gasteiger partial charge in [0.05, 0.1) is 4.90 Å². The quantitative estimate of drug-likeness (QED) is 0.565. The number of thioether (sulfide) groups is 1. The van der Waals surface area contributed by atoms with Gasteiger partial charge in [0.2, 0.25) is 15.9 Å². The van der Waals surface area contributed by atoms with Gasteiger partial charge in [-0.1, -0.05) is 35.9 Å². The fourth-order valence-corrected chi connectivity index (χ4v) is 5.46. The molecule has 9 heteroatoms. The zero-order chi connectivity index (χ0) is 23.8. The Labute approximate surface area is 200 Å². The van der Waals surface area contributed by atoms with Crippen LogP contribution in [0.3, 0.4) is 0 Å². The molecule has 3 rings (SSSR count). The molecule has 0 aliphatic carbocycles. The molecule has 33 heavy (non-hydrogen) atoms. The standard InChI is InChI=1S/C24H31N3O4S2/c1-18-8-10-21(11-9-18)33(30,31)26-22(14-17-32-2)24(29)27-15-12-20(13-16-27)25-23(28)19-6-4-3-5-7-19/h3-11,20,22,26H,12-17H2,1-2H3,(H,25,28). The van der Waals surface area contributed by atoms with Crippen molar-refractivity contribution in [1.82, 2.24) is 14.9 Å². The average molecular weight is 490 g/mol. The first-order chi connectivity index (χ1) is 15.8. The van der Waals surface area contributed by atoms with Crippen molar-refractivity contribution in [3.05, 3.63) is 65.7 Å². The number of rotatable bonds is 9. The molecule has 178 valence electrons. The molecule has 1 fully saturated rings. The molecule has 1 aliphatic heterocycles. The number of benzene rings is 2. The Bertz CT molecular complexity index is 1040. The molecule has 2 amide bonds. The Morgan fingerprint density at radius 3 is 2.30 bits per heavy atom. The lowest BCUT2D eigenvalue weighted by molar-refractivity contribution is -0.134. The van der Waals surface area contributed by atoms with E-state index in [1.165, 1.54) is 0 Å². The predicted octanol–water partition coefficient (Wildman–Crippen LogP) is 2.82. The highest BCUT2D eigenvalue weighted by atomic mass is 32.2. The van der Waals surface area contributed by atoms with Gasteiger partial charge in [-0.25, -0.2) is 8.42 Å².